The number of fused-ring (bicyclic) bond motifs is 1. The van der Waals surface area contributed by atoms with E-state index in [1.807, 2.05) is 24.3 Å². The van der Waals surface area contributed by atoms with E-state index in [9.17, 15) is 0 Å². The maximum Gasteiger partial charge on any atom is 0.0708 e. The lowest BCUT2D eigenvalue weighted by Crippen LogP contribution is -1.89. The number of aliphatic hydroxyl groups is 1. The van der Waals surface area contributed by atoms with Crippen molar-refractivity contribution in [3.63, 3.8) is 0 Å². The Hall–Kier alpha value is -1.41. The number of aryl methyl sites for hydroxylation is 1. The van der Waals surface area contributed by atoms with Gasteiger partial charge in [0.1, 0.15) is 0 Å². The van der Waals surface area contributed by atoms with Gasteiger partial charge in [-0.1, -0.05) is 25.1 Å². The number of aliphatic hydroxyl groups excluding tert-OH is 1. The van der Waals surface area contributed by atoms with E-state index in [1.165, 1.54) is 0 Å². The van der Waals surface area contributed by atoms with Crippen LogP contribution in [0.15, 0.2) is 30.3 Å². The molecule has 0 unspecified atom stereocenters. The van der Waals surface area contributed by atoms with Crippen LogP contribution in [0.4, 0.5) is 0 Å². The summed E-state index contributed by atoms with van der Waals surface area (Å²) in [4.78, 5) is 4.49. The molecular weight excluding hydrogens is 174 g/mol. The number of hydrogen-bond donors (Lipinski definition) is 1. The van der Waals surface area contributed by atoms with Crippen molar-refractivity contribution in [1.29, 1.82) is 0 Å². The highest BCUT2D eigenvalue weighted by Gasteiger charge is 1.98. The van der Waals surface area contributed by atoms with Crippen LogP contribution in [0.5, 0.6) is 0 Å². The number of aromatic nitrogens is 1. The third-order valence-electron chi connectivity index (χ3n) is 2.36. The smallest absolute Gasteiger partial charge is 0.0708 e. The first-order valence-corrected chi connectivity index (χ1v) is 4.83. The van der Waals surface area contributed by atoms with Crippen molar-refractivity contribution in [3.8, 4) is 0 Å². The Labute approximate surface area is 83.2 Å². The predicted octanol–water partition coefficient (Wildman–Crippen LogP) is 2.29. The second-order valence-corrected chi connectivity index (χ2v) is 3.34. The molecule has 1 heterocycles. The third-order valence-corrected chi connectivity index (χ3v) is 2.36. The molecule has 72 valence electrons. The summed E-state index contributed by atoms with van der Waals surface area (Å²) in [5, 5.41) is 10.1. The van der Waals surface area contributed by atoms with Gasteiger partial charge >= 0.3 is 0 Å². The second kappa shape index (κ2) is 3.76. The fourth-order valence-electron chi connectivity index (χ4n) is 1.50. The predicted molar refractivity (Wildman–Crippen MR) is 57.0 cm³/mol. The van der Waals surface area contributed by atoms with Gasteiger partial charge in [-0.3, -0.25) is 4.98 Å². The maximum absolute atomic E-state index is 9.00. The minimum atomic E-state index is 0.0774. The number of benzene rings is 1. The Morgan fingerprint density at radius 1 is 1.21 bits per heavy atom. The Kier molecular flexibility index (Phi) is 2.46. The molecule has 0 aliphatic carbocycles. The molecule has 0 fully saturated rings. The lowest BCUT2D eigenvalue weighted by atomic mass is 10.1. The van der Waals surface area contributed by atoms with Crippen LogP contribution in [0.2, 0.25) is 0 Å². The summed E-state index contributed by atoms with van der Waals surface area (Å²) < 4.78 is 0. The maximum atomic E-state index is 9.00. The van der Waals surface area contributed by atoms with E-state index in [1.54, 1.807) is 0 Å². The molecule has 2 aromatic rings. The lowest BCUT2D eigenvalue weighted by Gasteiger charge is -2.02. The lowest BCUT2D eigenvalue weighted by molar-refractivity contribution is 0.282. The van der Waals surface area contributed by atoms with Crippen molar-refractivity contribution in [3.05, 3.63) is 41.6 Å². The van der Waals surface area contributed by atoms with E-state index in [4.69, 9.17) is 5.11 Å². The largest absolute Gasteiger partial charge is 0.392 e. The molecule has 0 spiro atoms. The summed E-state index contributed by atoms with van der Waals surface area (Å²) in [6.45, 7) is 2.16. The van der Waals surface area contributed by atoms with E-state index in [0.717, 1.165) is 28.6 Å². The molecule has 1 N–H and O–H groups in total. The van der Waals surface area contributed by atoms with Gasteiger partial charge in [-0.05, 0) is 24.1 Å². The van der Waals surface area contributed by atoms with Gasteiger partial charge in [-0.15, -0.1) is 0 Å². The number of hydrogen-bond acceptors (Lipinski definition) is 2. The van der Waals surface area contributed by atoms with Gasteiger partial charge < -0.3 is 5.11 Å². The molecule has 2 nitrogen and oxygen atoms in total. The van der Waals surface area contributed by atoms with Crippen molar-refractivity contribution in [1.82, 2.24) is 4.98 Å². The van der Waals surface area contributed by atoms with Gasteiger partial charge in [0.15, 0.2) is 0 Å². The Bertz CT molecular complexity index is 412. The highest BCUT2D eigenvalue weighted by atomic mass is 16.3. The molecule has 0 amide bonds. The molecule has 0 saturated carbocycles. The van der Waals surface area contributed by atoms with Crippen LogP contribution in [0.3, 0.4) is 0 Å². The summed E-state index contributed by atoms with van der Waals surface area (Å²) in [7, 11) is 0. The first-order chi connectivity index (χ1) is 6.83. The highest BCUT2D eigenvalue weighted by molar-refractivity contribution is 5.79. The molecule has 0 radical (unpaired) electrons. The van der Waals surface area contributed by atoms with Gasteiger partial charge in [0.25, 0.3) is 0 Å². The minimum absolute atomic E-state index is 0.0774. The number of nitrogens with zero attached hydrogens (tertiary/aromatic N) is 1. The van der Waals surface area contributed by atoms with Gasteiger partial charge in [0.2, 0.25) is 0 Å². The molecule has 1 aromatic carbocycles. The third kappa shape index (κ3) is 1.61. The van der Waals surface area contributed by atoms with Crippen molar-refractivity contribution in [2.24, 2.45) is 0 Å². The van der Waals surface area contributed by atoms with Crippen molar-refractivity contribution in [2.45, 2.75) is 20.0 Å². The van der Waals surface area contributed by atoms with Crippen molar-refractivity contribution < 1.29 is 5.11 Å². The Morgan fingerprint density at radius 3 is 2.71 bits per heavy atom. The molecule has 2 rings (SSSR count). The number of pyridine rings is 1. The van der Waals surface area contributed by atoms with Gasteiger partial charge in [-0.2, -0.15) is 0 Å². The van der Waals surface area contributed by atoms with Crippen LogP contribution >= 0.6 is 0 Å². The van der Waals surface area contributed by atoms with Crippen LogP contribution in [0.25, 0.3) is 10.9 Å². The average molecular weight is 187 g/mol. The summed E-state index contributed by atoms with van der Waals surface area (Å²) in [5.41, 5.74) is 2.97. The molecule has 1 aromatic heterocycles. The van der Waals surface area contributed by atoms with E-state index >= 15 is 0 Å². The Balaban J connectivity index is 2.60. The van der Waals surface area contributed by atoms with Crippen LogP contribution in [-0.2, 0) is 13.0 Å². The molecule has 0 atom stereocenters. The summed E-state index contributed by atoms with van der Waals surface area (Å²) in [5.74, 6) is 0. The van der Waals surface area contributed by atoms with Gasteiger partial charge in [0.05, 0.1) is 12.1 Å². The fourth-order valence-corrected chi connectivity index (χ4v) is 1.50. The number of rotatable bonds is 2. The molecule has 0 bridgehead atoms. The average Bonchev–Trinajstić information content (AvgIpc) is 2.27. The SMILES string of the molecule is CCc1ccc2ccc(CO)cc2n1. The zero-order valence-electron chi connectivity index (χ0n) is 8.20. The standard InChI is InChI=1S/C12H13NO/c1-2-11-6-5-10-4-3-9(8-14)7-12(10)13-11/h3-7,14H,2,8H2,1H3. The van der Waals surface area contributed by atoms with Gasteiger partial charge in [0, 0.05) is 11.1 Å². The highest BCUT2D eigenvalue weighted by Crippen LogP contribution is 2.15. The first kappa shape index (κ1) is 9.16. The molecule has 0 saturated heterocycles. The zero-order chi connectivity index (χ0) is 9.97. The summed E-state index contributed by atoms with van der Waals surface area (Å²) in [6.07, 6.45) is 0.944. The molecular formula is C12H13NO. The fraction of sp³-hybridized carbons (Fsp3) is 0.250. The molecule has 14 heavy (non-hydrogen) atoms. The van der Waals surface area contributed by atoms with E-state index in [2.05, 4.69) is 18.0 Å². The quantitative estimate of drug-likeness (QED) is 0.782. The Morgan fingerprint density at radius 2 is 2.00 bits per heavy atom. The van der Waals surface area contributed by atoms with Crippen LogP contribution in [-0.4, -0.2) is 10.1 Å². The summed E-state index contributed by atoms with van der Waals surface area (Å²) >= 11 is 0. The van der Waals surface area contributed by atoms with E-state index < -0.39 is 0 Å². The summed E-state index contributed by atoms with van der Waals surface area (Å²) in [6, 6.07) is 9.97. The van der Waals surface area contributed by atoms with E-state index in [0.29, 0.717) is 0 Å². The molecule has 0 aliphatic heterocycles. The van der Waals surface area contributed by atoms with Crippen LogP contribution < -0.4 is 0 Å². The monoisotopic (exact) mass is 187 g/mol. The van der Waals surface area contributed by atoms with Gasteiger partial charge in [-0.25, -0.2) is 0 Å². The molecule has 0 aliphatic rings. The minimum Gasteiger partial charge on any atom is -0.392 e. The van der Waals surface area contributed by atoms with E-state index in [-0.39, 0.29) is 6.61 Å². The zero-order valence-corrected chi connectivity index (χ0v) is 8.20. The van der Waals surface area contributed by atoms with Crippen molar-refractivity contribution in [2.75, 3.05) is 0 Å². The van der Waals surface area contributed by atoms with Crippen LogP contribution in [0.1, 0.15) is 18.2 Å². The molecule has 2 heteroatoms. The topological polar surface area (TPSA) is 33.1 Å². The van der Waals surface area contributed by atoms with Crippen molar-refractivity contribution >= 4 is 10.9 Å². The van der Waals surface area contributed by atoms with Crippen LogP contribution in [0, 0.1) is 0 Å². The second-order valence-electron chi connectivity index (χ2n) is 3.34. The normalized spacial score (nSPS) is 10.7. The first-order valence-electron chi connectivity index (χ1n) is 4.83.